The zero-order chi connectivity index (χ0) is 19.4. The number of nitrogens with two attached hydrogens (primary N) is 1. The minimum Gasteiger partial charge on any atom is -0.369 e. The fourth-order valence-corrected chi connectivity index (χ4v) is 3.95. The predicted octanol–water partition coefficient (Wildman–Crippen LogP) is 3.71. The van der Waals surface area contributed by atoms with E-state index >= 15 is 0 Å². The molecule has 0 aliphatic carbocycles. The van der Waals surface area contributed by atoms with Gasteiger partial charge in [-0.15, -0.1) is 0 Å². The average Bonchev–Trinajstić information content (AvgIpc) is 2.68. The lowest BCUT2D eigenvalue weighted by molar-refractivity contribution is -0.139. The third-order valence-electron chi connectivity index (χ3n) is 5.64. The molecule has 1 aliphatic heterocycles. The number of primary amides is 1. The average molecular weight is 364 g/mol. The van der Waals surface area contributed by atoms with Crippen molar-refractivity contribution in [1.29, 1.82) is 0 Å². The van der Waals surface area contributed by atoms with Gasteiger partial charge in [0.1, 0.15) is 0 Å². The number of benzene rings is 2. The van der Waals surface area contributed by atoms with Crippen LogP contribution in [0.2, 0.25) is 0 Å². The number of carbonyl (C=O) groups is 2. The lowest BCUT2D eigenvalue weighted by Crippen LogP contribution is -2.53. The maximum atomic E-state index is 12.3. The second kappa shape index (κ2) is 7.95. The maximum Gasteiger partial charge on any atom is 0.225 e. The molecule has 0 unspecified atom stereocenters. The van der Waals surface area contributed by atoms with Gasteiger partial charge in [-0.2, -0.15) is 0 Å². The first kappa shape index (κ1) is 19.2. The van der Waals surface area contributed by atoms with E-state index in [4.69, 9.17) is 5.73 Å². The fourth-order valence-electron chi connectivity index (χ4n) is 3.95. The van der Waals surface area contributed by atoms with Crippen LogP contribution in [0.4, 0.5) is 0 Å². The molecule has 0 aromatic heterocycles. The summed E-state index contributed by atoms with van der Waals surface area (Å²) >= 11 is 0. The summed E-state index contributed by atoms with van der Waals surface area (Å²) in [6.45, 7) is 5.07. The van der Waals surface area contributed by atoms with Crippen molar-refractivity contribution in [2.24, 2.45) is 11.1 Å². The van der Waals surface area contributed by atoms with Gasteiger partial charge in [0.2, 0.25) is 11.8 Å². The van der Waals surface area contributed by atoms with Gasteiger partial charge in [0.15, 0.2) is 0 Å². The monoisotopic (exact) mass is 364 g/mol. The topological polar surface area (TPSA) is 63.4 Å². The van der Waals surface area contributed by atoms with Crippen molar-refractivity contribution < 1.29 is 9.59 Å². The highest BCUT2D eigenvalue weighted by molar-refractivity contribution is 5.83. The number of carbonyl (C=O) groups excluding carboxylic acids is 2. The summed E-state index contributed by atoms with van der Waals surface area (Å²) in [7, 11) is 0. The Morgan fingerprint density at radius 3 is 2.19 bits per heavy atom. The zero-order valence-electron chi connectivity index (χ0n) is 16.2. The lowest BCUT2D eigenvalue weighted by Gasteiger charge is -2.41. The summed E-state index contributed by atoms with van der Waals surface area (Å²) in [5, 5.41) is 0. The number of nitrogens with zero attached hydrogens (tertiary/aromatic N) is 1. The van der Waals surface area contributed by atoms with Gasteiger partial charge in [-0.25, -0.2) is 0 Å². The van der Waals surface area contributed by atoms with Crippen molar-refractivity contribution >= 4 is 11.8 Å². The highest BCUT2D eigenvalue weighted by Gasteiger charge is 2.41. The van der Waals surface area contributed by atoms with Crippen LogP contribution in [0.15, 0.2) is 48.5 Å². The third kappa shape index (κ3) is 4.21. The smallest absolute Gasteiger partial charge is 0.225 e. The van der Waals surface area contributed by atoms with Gasteiger partial charge >= 0.3 is 0 Å². The summed E-state index contributed by atoms with van der Waals surface area (Å²) < 4.78 is 0. The molecule has 2 amide bonds. The standard InChI is InChI=1S/C23H28N2O2/c1-3-21(26)25-14-4-13-23(16-25,22(24)27)15-18-7-11-20(12-8-18)19-9-5-17(2)6-10-19/h5-12H,3-4,13-16H2,1-2H3,(H2,24,27)/t23-/m1/s1. The quantitative estimate of drug-likeness (QED) is 0.879. The minimum atomic E-state index is -0.672. The van der Waals surface area contributed by atoms with Gasteiger partial charge in [-0.3, -0.25) is 9.59 Å². The van der Waals surface area contributed by atoms with Gasteiger partial charge in [0, 0.05) is 19.5 Å². The Morgan fingerprint density at radius 2 is 1.63 bits per heavy atom. The summed E-state index contributed by atoms with van der Waals surface area (Å²) in [4.78, 5) is 26.3. The summed E-state index contributed by atoms with van der Waals surface area (Å²) in [6.07, 6.45) is 2.58. The Labute approximate surface area is 161 Å². The number of piperidine rings is 1. The van der Waals surface area contributed by atoms with Crippen LogP contribution in [0, 0.1) is 12.3 Å². The molecule has 1 heterocycles. The number of likely N-dealkylation sites (tertiary alicyclic amines) is 1. The molecule has 4 nitrogen and oxygen atoms in total. The molecule has 0 radical (unpaired) electrons. The van der Waals surface area contributed by atoms with Crippen LogP contribution in [0.25, 0.3) is 11.1 Å². The SMILES string of the molecule is CCC(=O)N1CCC[C@](Cc2ccc(-c3ccc(C)cc3)cc2)(C(N)=O)C1. The van der Waals surface area contributed by atoms with Crippen molar-refractivity contribution in [2.75, 3.05) is 13.1 Å². The number of hydrogen-bond acceptors (Lipinski definition) is 2. The van der Waals surface area contributed by atoms with Gasteiger partial charge in [-0.1, -0.05) is 61.0 Å². The summed E-state index contributed by atoms with van der Waals surface area (Å²) in [5.74, 6) is -0.214. The molecule has 1 fully saturated rings. The molecule has 2 aromatic rings. The van der Waals surface area contributed by atoms with E-state index in [1.54, 1.807) is 4.90 Å². The Bertz CT molecular complexity index is 811. The molecule has 1 atom stereocenters. The van der Waals surface area contributed by atoms with E-state index < -0.39 is 5.41 Å². The van der Waals surface area contributed by atoms with Crippen LogP contribution >= 0.6 is 0 Å². The minimum absolute atomic E-state index is 0.0926. The Kier molecular flexibility index (Phi) is 5.64. The van der Waals surface area contributed by atoms with Crippen LogP contribution in [0.5, 0.6) is 0 Å². The van der Waals surface area contributed by atoms with Crippen molar-refractivity contribution in [3.05, 3.63) is 59.7 Å². The molecule has 2 N–H and O–H groups in total. The molecule has 3 rings (SSSR count). The Morgan fingerprint density at radius 1 is 1.04 bits per heavy atom. The predicted molar refractivity (Wildman–Crippen MR) is 108 cm³/mol. The van der Waals surface area contributed by atoms with E-state index in [0.29, 0.717) is 25.9 Å². The molecule has 1 aliphatic rings. The first-order valence-electron chi connectivity index (χ1n) is 9.67. The van der Waals surface area contributed by atoms with Crippen molar-refractivity contribution in [3.8, 4) is 11.1 Å². The van der Waals surface area contributed by atoms with Crippen molar-refractivity contribution in [1.82, 2.24) is 4.90 Å². The van der Waals surface area contributed by atoms with E-state index in [-0.39, 0.29) is 11.8 Å². The molecule has 0 saturated carbocycles. The van der Waals surface area contributed by atoms with Gasteiger partial charge < -0.3 is 10.6 Å². The third-order valence-corrected chi connectivity index (χ3v) is 5.64. The van der Waals surface area contributed by atoms with Gasteiger partial charge in [0.25, 0.3) is 0 Å². The number of rotatable bonds is 5. The highest BCUT2D eigenvalue weighted by atomic mass is 16.2. The largest absolute Gasteiger partial charge is 0.369 e. The van der Waals surface area contributed by atoms with E-state index in [0.717, 1.165) is 24.0 Å². The zero-order valence-corrected chi connectivity index (χ0v) is 16.2. The Hall–Kier alpha value is -2.62. The lowest BCUT2D eigenvalue weighted by atomic mass is 9.74. The number of hydrogen-bond donors (Lipinski definition) is 1. The van der Waals surface area contributed by atoms with Gasteiger partial charge in [0.05, 0.1) is 5.41 Å². The van der Waals surface area contributed by atoms with Crippen LogP contribution in [-0.4, -0.2) is 29.8 Å². The van der Waals surface area contributed by atoms with Crippen LogP contribution in [0.3, 0.4) is 0 Å². The molecule has 1 saturated heterocycles. The normalized spacial score (nSPS) is 19.7. The molecule has 2 aromatic carbocycles. The summed E-state index contributed by atoms with van der Waals surface area (Å²) in [5.41, 5.74) is 9.78. The molecular weight excluding hydrogens is 336 g/mol. The van der Waals surface area contributed by atoms with E-state index in [1.165, 1.54) is 11.1 Å². The first-order chi connectivity index (χ1) is 12.9. The van der Waals surface area contributed by atoms with Gasteiger partial charge in [-0.05, 0) is 42.9 Å². The van der Waals surface area contributed by atoms with E-state index in [1.807, 2.05) is 6.92 Å². The summed E-state index contributed by atoms with van der Waals surface area (Å²) in [6, 6.07) is 16.8. The second-order valence-corrected chi connectivity index (χ2v) is 7.66. The first-order valence-corrected chi connectivity index (χ1v) is 9.67. The van der Waals surface area contributed by atoms with E-state index in [2.05, 4.69) is 55.5 Å². The highest BCUT2D eigenvalue weighted by Crippen LogP contribution is 2.34. The van der Waals surface area contributed by atoms with E-state index in [9.17, 15) is 9.59 Å². The molecule has 0 bridgehead atoms. The van der Waals surface area contributed by atoms with Crippen LogP contribution < -0.4 is 5.73 Å². The molecular formula is C23H28N2O2. The van der Waals surface area contributed by atoms with Crippen LogP contribution in [0.1, 0.15) is 37.3 Å². The Balaban J connectivity index is 1.79. The van der Waals surface area contributed by atoms with Crippen molar-refractivity contribution in [3.63, 3.8) is 0 Å². The fraction of sp³-hybridized carbons (Fsp3) is 0.391. The molecule has 27 heavy (non-hydrogen) atoms. The number of amides is 2. The van der Waals surface area contributed by atoms with Crippen LogP contribution in [-0.2, 0) is 16.0 Å². The maximum absolute atomic E-state index is 12.3. The number of aryl methyl sites for hydroxylation is 1. The molecule has 4 heteroatoms. The van der Waals surface area contributed by atoms with Crippen molar-refractivity contribution in [2.45, 2.75) is 39.5 Å². The molecule has 142 valence electrons. The second-order valence-electron chi connectivity index (χ2n) is 7.66. The molecule has 0 spiro atoms.